The van der Waals surface area contributed by atoms with Crippen molar-refractivity contribution in [2.75, 3.05) is 27.5 Å². The van der Waals surface area contributed by atoms with Crippen LogP contribution in [-0.4, -0.2) is 38.4 Å². The molecule has 0 radical (unpaired) electrons. The molecule has 0 amide bonds. The first-order chi connectivity index (χ1) is 13.1. The van der Waals surface area contributed by atoms with E-state index in [-0.39, 0.29) is 18.8 Å². The van der Waals surface area contributed by atoms with Crippen molar-refractivity contribution in [1.29, 1.82) is 0 Å². The monoisotopic (exact) mass is 369 g/mol. The Hall–Kier alpha value is -2.73. The quantitative estimate of drug-likeness (QED) is 0.771. The number of carbonyl (C=O) groups is 1. The van der Waals surface area contributed by atoms with Crippen molar-refractivity contribution in [3.05, 3.63) is 53.1 Å². The van der Waals surface area contributed by atoms with Gasteiger partial charge in [0.05, 0.1) is 13.2 Å². The van der Waals surface area contributed by atoms with E-state index in [2.05, 4.69) is 11.9 Å². The van der Waals surface area contributed by atoms with E-state index in [1.165, 1.54) is 12.5 Å². The van der Waals surface area contributed by atoms with Crippen LogP contribution in [0.3, 0.4) is 0 Å². The second-order valence-electron chi connectivity index (χ2n) is 6.89. The van der Waals surface area contributed by atoms with Gasteiger partial charge in [-0.3, -0.25) is 9.69 Å². The highest BCUT2D eigenvalue weighted by molar-refractivity contribution is 5.66. The van der Waals surface area contributed by atoms with E-state index in [1.54, 1.807) is 7.11 Å². The van der Waals surface area contributed by atoms with Gasteiger partial charge in [0.2, 0.25) is 6.79 Å². The third kappa shape index (κ3) is 3.32. The average molecular weight is 369 g/mol. The molecule has 2 aromatic rings. The van der Waals surface area contributed by atoms with Crippen LogP contribution in [0.5, 0.6) is 17.2 Å². The summed E-state index contributed by atoms with van der Waals surface area (Å²) in [5.41, 5.74) is 3.19. The standard InChI is InChI=1S/C21H23NO5/c1-13(23)27-21(15-5-4-6-16(9-15)24-3)20-17-11-19-18(25-12-26-19)10-14(17)7-8-22(20)2/h4-6,9-11,20-21H,7-8,12H2,1-3H3. The summed E-state index contributed by atoms with van der Waals surface area (Å²) >= 11 is 0. The number of hydrogen-bond donors (Lipinski definition) is 0. The van der Waals surface area contributed by atoms with Gasteiger partial charge >= 0.3 is 5.97 Å². The summed E-state index contributed by atoms with van der Waals surface area (Å²) in [6.07, 6.45) is 0.450. The van der Waals surface area contributed by atoms with Gasteiger partial charge in [-0.2, -0.15) is 0 Å². The minimum absolute atomic E-state index is 0.126. The number of rotatable bonds is 4. The summed E-state index contributed by atoms with van der Waals surface area (Å²) in [6.45, 7) is 2.54. The van der Waals surface area contributed by atoms with Crippen LogP contribution in [0.25, 0.3) is 0 Å². The molecule has 2 atom stereocenters. The van der Waals surface area contributed by atoms with Crippen LogP contribution in [0, 0.1) is 0 Å². The van der Waals surface area contributed by atoms with Crippen LogP contribution in [0.1, 0.15) is 35.8 Å². The largest absolute Gasteiger partial charge is 0.497 e. The number of benzene rings is 2. The average Bonchev–Trinajstić information content (AvgIpc) is 3.12. The Balaban J connectivity index is 1.81. The molecule has 142 valence electrons. The summed E-state index contributed by atoms with van der Waals surface area (Å²) in [5, 5.41) is 0. The molecule has 2 aliphatic rings. The molecule has 0 bridgehead atoms. The second-order valence-corrected chi connectivity index (χ2v) is 6.89. The van der Waals surface area contributed by atoms with Gasteiger partial charge < -0.3 is 18.9 Å². The molecular weight excluding hydrogens is 346 g/mol. The number of likely N-dealkylation sites (N-methyl/N-ethyl adjacent to an activating group) is 1. The van der Waals surface area contributed by atoms with Crippen molar-refractivity contribution >= 4 is 5.97 Å². The maximum absolute atomic E-state index is 11.9. The Morgan fingerprint density at radius 2 is 2.00 bits per heavy atom. The number of carbonyl (C=O) groups excluding carboxylic acids is 1. The van der Waals surface area contributed by atoms with Crippen LogP contribution in [-0.2, 0) is 16.0 Å². The third-order valence-corrected chi connectivity index (χ3v) is 5.16. The minimum Gasteiger partial charge on any atom is -0.497 e. The number of fused-ring (bicyclic) bond motifs is 2. The van der Waals surface area contributed by atoms with E-state index in [0.717, 1.165) is 41.3 Å². The summed E-state index contributed by atoms with van der Waals surface area (Å²) in [7, 11) is 3.68. The van der Waals surface area contributed by atoms with Gasteiger partial charge in [0.15, 0.2) is 11.5 Å². The first kappa shape index (κ1) is 17.7. The van der Waals surface area contributed by atoms with E-state index in [1.807, 2.05) is 36.4 Å². The minimum atomic E-state index is -0.456. The Kier molecular flexibility index (Phi) is 4.66. The normalized spacial score (nSPS) is 19.3. The maximum Gasteiger partial charge on any atom is 0.303 e. The lowest BCUT2D eigenvalue weighted by Gasteiger charge is -2.39. The first-order valence-corrected chi connectivity index (χ1v) is 9.00. The molecule has 6 nitrogen and oxygen atoms in total. The van der Waals surface area contributed by atoms with Crippen LogP contribution >= 0.6 is 0 Å². The van der Waals surface area contributed by atoms with Crippen LogP contribution < -0.4 is 14.2 Å². The molecule has 0 saturated carbocycles. The number of hydrogen-bond acceptors (Lipinski definition) is 6. The first-order valence-electron chi connectivity index (χ1n) is 9.00. The molecule has 2 aliphatic heterocycles. The third-order valence-electron chi connectivity index (χ3n) is 5.16. The van der Waals surface area contributed by atoms with Crippen LogP contribution in [0.4, 0.5) is 0 Å². The number of esters is 1. The molecule has 0 aromatic heterocycles. The number of nitrogens with zero attached hydrogens (tertiary/aromatic N) is 1. The predicted molar refractivity (Wildman–Crippen MR) is 99.1 cm³/mol. The van der Waals surface area contributed by atoms with Crippen molar-refractivity contribution in [3.63, 3.8) is 0 Å². The smallest absolute Gasteiger partial charge is 0.303 e. The summed E-state index contributed by atoms with van der Waals surface area (Å²) in [4.78, 5) is 14.1. The molecule has 2 aromatic carbocycles. The van der Waals surface area contributed by atoms with E-state index in [9.17, 15) is 4.79 Å². The Labute approximate surface area is 158 Å². The van der Waals surface area contributed by atoms with E-state index >= 15 is 0 Å². The lowest BCUT2D eigenvalue weighted by Crippen LogP contribution is -2.37. The summed E-state index contributed by atoms with van der Waals surface area (Å²) < 4.78 is 22.3. The molecule has 2 heterocycles. The molecule has 0 N–H and O–H groups in total. The fourth-order valence-corrected chi connectivity index (χ4v) is 3.87. The zero-order valence-corrected chi connectivity index (χ0v) is 15.7. The molecular formula is C21H23NO5. The topological polar surface area (TPSA) is 57.2 Å². The Bertz CT molecular complexity index is 866. The number of methoxy groups -OCH3 is 1. The highest BCUT2D eigenvalue weighted by Crippen LogP contribution is 2.45. The molecule has 0 fully saturated rings. The zero-order chi connectivity index (χ0) is 19.0. The van der Waals surface area contributed by atoms with Crippen molar-refractivity contribution in [3.8, 4) is 17.2 Å². The van der Waals surface area contributed by atoms with Gasteiger partial charge in [0.25, 0.3) is 0 Å². The van der Waals surface area contributed by atoms with Crippen molar-refractivity contribution in [2.45, 2.75) is 25.5 Å². The molecule has 0 saturated heterocycles. The summed E-state index contributed by atoms with van der Waals surface area (Å²) in [6, 6.07) is 11.6. The van der Waals surface area contributed by atoms with Gasteiger partial charge in [-0.25, -0.2) is 0 Å². The molecule has 2 unspecified atom stereocenters. The van der Waals surface area contributed by atoms with Gasteiger partial charge in [0.1, 0.15) is 11.9 Å². The molecule has 6 heteroatoms. The highest BCUT2D eigenvalue weighted by Gasteiger charge is 2.36. The SMILES string of the molecule is COc1cccc(C(OC(C)=O)C2c3cc4c(cc3CCN2C)OCO4)c1. The molecule has 4 rings (SSSR count). The van der Waals surface area contributed by atoms with Crippen LogP contribution in [0.15, 0.2) is 36.4 Å². The van der Waals surface area contributed by atoms with Gasteiger partial charge in [0, 0.05) is 13.5 Å². The highest BCUT2D eigenvalue weighted by atomic mass is 16.7. The fourth-order valence-electron chi connectivity index (χ4n) is 3.87. The Morgan fingerprint density at radius 1 is 1.22 bits per heavy atom. The Morgan fingerprint density at radius 3 is 2.74 bits per heavy atom. The maximum atomic E-state index is 11.9. The van der Waals surface area contributed by atoms with E-state index in [4.69, 9.17) is 18.9 Å². The molecule has 0 aliphatic carbocycles. The van der Waals surface area contributed by atoms with E-state index < -0.39 is 6.10 Å². The number of ether oxygens (including phenoxy) is 4. The lowest BCUT2D eigenvalue weighted by molar-refractivity contribution is -0.150. The van der Waals surface area contributed by atoms with Gasteiger partial charge in [-0.1, -0.05) is 12.1 Å². The van der Waals surface area contributed by atoms with Crippen molar-refractivity contribution in [1.82, 2.24) is 4.90 Å². The van der Waals surface area contributed by atoms with Crippen LogP contribution in [0.2, 0.25) is 0 Å². The van der Waals surface area contributed by atoms with Gasteiger partial charge in [-0.15, -0.1) is 0 Å². The van der Waals surface area contributed by atoms with Crippen molar-refractivity contribution < 1.29 is 23.7 Å². The van der Waals surface area contributed by atoms with E-state index in [0.29, 0.717) is 0 Å². The predicted octanol–water partition coefficient (Wildman–Crippen LogP) is 3.26. The molecule has 0 spiro atoms. The zero-order valence-electron chi connectivity index (χ0n) is 15.7. The second kappa shape index (κ2) is 7.12. The summed E-state index contributed by atoms with van der Waals surface area (Å²) in [5.74, 6) is 1.93. The van der Waals surface area contributed by atoms with Crippen molar-refractivity contribution in [2.24, 2.45) is 0 Å². The van der Waals surface area contributed by atoms with Gasteiger partial charge in [-0.05, 0) is 54.4 Å². The lowest BCUT2D eigenvalue weighted by atomic mass is 9.86. The fraction of sp³-hybridized carbons (Fsp3) is 0.381. The molecule has 27 heavy (non-hydrogen) atoms.